The lowest BCUT2D eigenvalue weighted by molar-refractivity contribution is -0.254. The molecule has 0 aliphatic carbocycles. The summed E-state index contributed by atoms with van der Waals surface area (Å²) in [4.78, 5) is 15.9. The van der Waals surface area contributed by atoms with Crippen LogP contribution < -0.4 is 5.11 Å². The van der Waals surface area contributed by atoms with Crippen LogP contribution >= 0.6 is 0 Å². The Morgan fingerprint density at radius 3 is 2.48 bits per heavy atom. The Hall–Kier alpha value is -3.47. The quantitative estimate of drug-likeness (QED) is 0.574. The summed E-state index contributed by atoms with van der Waals surface area (Å²) in [5.74, 6) is -0.990. The van der Waals surface area contributed by atoms with E-state index in [1.165, 1.54) is 12.1 Å². The molecule has 0 radical (unpaired) electrons. The molecule has 122 valence electrons. The minimum Gasteiger partial charge on any atom is -0.545 e. The van der Waals surface area contributed by atoms with Gasteiger partial charge in [0, 0.05) is 10.9 Å². The first-order valence-corrected chi connectivity index (χ1v) is 7.60. The third kappa shape index (κ3) is 2.65. The number of carbonyl (C=O) groups excluding carboxylic acids is 1. The van der Waals surface area contributed by atoms with Crippen molar-refractivity contribution >= 4 is 16.9 Å². The molecular weight excluding hydrogens is 321 g/mol. The van der Waals surface area contributed by atoms with Crippen molar-refractivity contribution in [3.63, 3.8) is 0 Å². The van der Waals surface area contributed by atoms with E-state index in [-0.39, 0.29) is 5.56 Å². The molecule has 0 bridgehead atoms. The number of rotatable bonds is 3. The zero-order valence-electron chi connectivity index (χ0n) is 12.9. The predicted molar refractivity (Wildman–Crippen MR) is 89.2 cm³/mol. The summed E-state index contributed by atoms with van der Waals surface area (Å²) < 4.78 is 19.6. The maximum Gasteiger partial charge on any atom is 0.153 e. The Morgan fingerprint density at radius 2 is 1.68 bits per heavy atom. The van der Waals surface area contributed by atoms with Crippen LogP contribution in [-0.2, 0) is 0 Å². The van der Waals surface area contributed by atoms with Crippen molar-refractivity contribution < 1.29 is 18.7 Å². The number of furan rings is 1. The molecule has 0 saturated heterocycles. The van der Waals surface area contributed by atoms with E-state index >= 15 is 0 Å². The van der Waals surface area contributed by atoms with Crippen LogP contribution in [0.15, 0.2) is 71.1 Å². The summed E-state index contributed by atoms with van der Waals surface area (Å²) in [6, 6.07) is 17.8. The highest BCUT2D eigenvalue weighted by Gasteiger charge is 2.13. The monoisotopic (exact) mass is 332 g/mol. The van der Waals surface area contributed by atoms with Crippen molar-refractivity contribution in [3.05, 3.63) is 78.1 Å². The first-order chi connectivity index (χ1) is 12.1. The largest absolute Gasteiger partial charge is 0.545 e. The van der Waals surface area contributed by atoms with Gasteiger partial charge in [0.25, 0.3) is 0 Å². The van der Waals surface area contributed by atoms with Gasteiger partial charge in [-0.1, -0.05) is 30.3 Å². The SMILES string of the molecule is O=C([O-])c1cc(-c2ccc(-c3ccccc3F)o2)nc2ccccc12. The number of carboxylic acids is 1. The summed E-state index contributed by atoms with van der Waals surface area (Å²) in [7, 11) is 0. The van der Waals surface area contributed by atoms with Gasteiger partial charge < -0.3 is 14.3 Å². The average molecular weight is 332 g/mol. The van der Waals surface area contributed by atoms with Gasteiger partial charge in [0.1, 0.15) is 17.3 Å². The Morgan fingerprint density at radius 1 is 0.960 bits per heavy atom. The highest BCUT2D eigenvalue weighted by atomic mass is 19.1. The Balaban J connectivity index is 1.86. The van der Waals surface area contributed by atoms with E-state index in [2.05, 4.69) is 4.98 Å². The molecule has 2 aromatic carbocycles. The highest BCUT2D eigenvalue weighted by molar-refractivity contribution is 6.02. The first-order valence-electron chi connectivity index (χ1n) is 7.60. The second-order valence-corrected chi connectivity index (χ2v) is 5.50. The molecule has 2 heterocycles. The minimum absolute atomic E-state index is 0.0319. The normalized spacial score (nSPS) is 10.9. The molecule has 4 rings (SSSR count). The standard InChI is InChI=1S/C20H12FNO3/c21-15-7-3-1-6-13(15)18-9-10-19(25-18)17-11-14(20(23)24)12-5-2-4-8-16(12)22-17/h1-11H,(H,23,24)/p-1. The molecule has 0 fully saturated rings. The second-order valence-electron chi connectivity index (χ2n) is 5.50. The van der Waals surface area contributed by atoms with Crippen molar-refractivity contribution in [1.29, 1.82) is 0 Å². The van der Waals surface area contributed by atoms with Crippen molar-refractivity contribution in [2.75, 3.05) is 0 Å². The molecule has 0 spiro atoms. The predicted octanol–water partition coefficient (Wildman–Crippen LogP) is 3.66. The summed E-state index contributed by atoms with van der Waals surface area (Å²) in [6.07, 6.45) is 0. The van der Waals surface area contributed by atoms with E-state index in [4.69, 9.17) is 4.42 Å². The molecule has 0 saturated carbocycles. The van der Waals surface area contributed by atoms with Crippen molar-refractivity contribution in [1.82, 2.24) is 4.98 Å². The van der Waals surface area contributed by atoms with Crippen LogP contribution in [0, 0.1) is 5.82 Å². The lowest BCUT2D eigenvalue weighted by Gasteiger charge is -2.09. The van der Waals surface area contributed by atoms with E-state index in [0.29, 0.717) is 33.7 Å². The number of benzene rings is 2. The number of para-hydroxylation sites is 1. The van der Waals surface area contributed by atoms with Crippen molar-refractivity contribution in [3.8, 4) is 22.8 Å². The van der Waals surface area contributed by atoms with Crippen LogP contribution in [0.4, 0.5) is 4.39 Å². The van der Waals surface area contributed by atoms with Crippen LogP contribution in [-0.4, -0.2) is 11.0 Å². The molecule has 0 unspecified atom stereocenters. The zero-order chi connectivity index (χ0) is 17.4. The third-order valence-electron chi connectivity index (χ3n) is 3.93. The molecule has 0 aliphatic heterocycles. The van der Waals surface area contributed by atoms with E-state index in [0.717, 1.165) is 0 Å². The van der Waals surface area contributed by atoms with Gasteiger partial charge >= 0.3 is 0 Å². The van der Waals surface area contributed by atoms with Gasteiger partial charge in [0.15, 0.2) is 5.76 Å². The molecule has 25 heavy (non-hydrogen) atoms. The fraction of sp³-hybridized carbons (Fsp3) is 0. The maximum atomic E-state index is 13.9. The maximum absolute atomic E-state index is 13.9. The molecular formula is C20H11FNO3-. The lowest BCUT2D eigenvalue weighted by Crippen LogP contribution is -2.22. The number of hydrogen-bond donors (Lipinski definition) is 0. The van der Waals surface area contributed by atoms with E-state index in [9.17, 15) is 14.3 Å². The molecule has 2 aromatic heterocycles. The molecule has 4 aromatic rings. The average Bonchev–Trinajstić information content (AvgIpc) is 3.11. The fourth-order valence-corrected chi connectivity index (χ4v) is 2.75. The van der Waals surface area contributed by atoms with Crippen LogP contribution in [0.1, 0.15) is 10.4 Å². The van der Waals surface area contributed by atoms with Gasteiger partial charge in [-0.15, -0.1) is 0 Å². The molecule has 0 N–H and O–H groups in total. The van der Waals surface area contributed by atoms with Crippen LogP contribution in [0.25, 0.3) is 33.7 Å². The zero-order valence-corrected chi connectivity index (χ0v) is 12.9. The molecule has 0 atom stereocenters. The number of aromatic carboxylic acids is 1. The van der Waals surface area contributed by atoms with Crippen molar-refractivity contribution in [2.24, 2.45) is 0 Å². The Labute approximate surface area is 142 Å². The molecule has 0 amide bonds. The highest BCUT2D eigenvalue weighted by Crippen LogP contribution is 2.31. The van der Waals surface area contributed by atoms with E-state index in [1.54, 1.807) is 54.6 Å². The van der Waals surface area contributed by atoms with Crippen LogP contribution in [0.3, 0.4) is 0 Å². The Kier molecular flexibility index (Phi) is 3.54. The van der Waals surface area contributed by atoms with E-state index in [1.807, 2.05) is 0 Å². The van der Waals surface area contributed by atoms with Gasteiger partial charge in [0.2, 0.25) is 0 Å². The molecule has 0 aliphatic rings. The van der Waals surface area contributed by atoms with Crippen LogP contribution in [0.5, 0.6) is 0 Å². The number of nitrogens with zero attached hydrogens (tertiary/aromatic N) is 1. The number of hydrogen-bond acceptors (Lipinski definition) is 4. The van der Waals surface area contributed by atoms with Crippen molar-refractivity contribution in [2.45, 2.75) is 0 Å². The summed E-state index contributed by atoms with van der Waals surface area (Å²) in [5, 5.41) is 11.9. The van der Waals surface area contributed by atoms with Gasteiger partial charge in [-0.2, -0.15) is 0 Å². The van der Waals surface area contributed by atoms with Gasteiger partial charge in [-0.05, 0) is 36.4 Å². The number of carbonyl (C=O) groups is 1. The number of fused-ring (bicyclic) bond motifs is 1. The number of carboxylic acid groups (broad SMARTS) is 1. The van der Waals surface area contributed by atoms with E-state index < -0.39 is 11.8 Å². The van der Waals surface area contributed by atoms with Gasteiger partial charge in [-0.3, -0.25) is 0 Å². The number of pyridine rings is 1. The first kappa shape index (κ1) is 15.1. The lowest BCUT2D eigenvalue weighted by atomic mass is 10.1. The van der Waals surface area contributed by atoms with Gasteiger partial charge in [-0.25, -0.2) is 9.37 Å². The Bertz CT molecular complexity index is 1100. The molecule has 4 nitrogen and oxygen atoms in total. The summed E-state index contributed by atoms with van der Waals surface area (Å²) in [5.41, 5.74) is 1.22. The smallest absolute Gasteiger partial charge is 0.153 e. The topological polar surface area (TPSA) is 66.2 Å². The third-order valence-corrected chi connectivity index (χ3v) is 3.93. The summed E-state index contributed by atoms with van der Waals surface area (Å²) in [6.45, 7) is 0. The number of halogens is 1. The van der Waals surface area contributed by atoms with Gasteiger partial charge in [0.05, 0.1) is 17.0 Å². The minimum atomic E-state index is -1.29. The second kappa shape index (κ2) is 5.87. The molecule has 5 heteroatoms. The van der Waals surface area contributed by atoms with Crippen LogP contribution in [0.2, 0.25) is 0 Å². The fourth-order valence-electron chi connectivity index (χ4n) is 2.75. The summed E-state index contributed by atoms with van der Waals surface area (Å²) >= 11 is 0. The number of aromatic nitrogens is 1.